The Morgan fingerprint density at radius 2 is 1.73 bits per heavy atom. The summed E-state index contributed by atoms with van der Waals surface area (Å²) >= 11 is 9.42. The molecule has 0 unspecified atom stereocenters. The summed E-state index contributed by atoms with van der Waals surface area (Å²) in [6.45, 7) is 0.729. The fourth-order valence-corrected chi connectivity index (χ4v) is 2.98. The van der Waals surface area contributed by atoms with E-state index in [4.69, 9.17) is 38.1 Å². The summed E-state index contributed by atoms with van der Waals surface area (Å²) in [6.07, 6.45) is 0.860. The second kappa shape index (κ2) is 10.4. The first-order valence-corrected chi connectivity index (χ1v) is 6.95. The van der Waals surface area contributed by atoms with Crippen molar-refractivity contribution < 1.29 is 42.8 Å². The Kier molecular flexibility index (Phi) is 12.8. The summed E-state index contributed by atoms with van der Waals surface area (Å²) in [5.41, 5.74) is 0. The third kappa shape index (κ3) is 8.00. The van der Waals surface area contributed by atoms with Gasteiger partial charge in [0.15, 0.2) is 0 Å². The fraction of sp³-hybridized carbons (Fsp3) is 0.857. The standard InChI is InChI=1S/C7H17NO3S2Si.Na/c1-9-14(10-2,11-3)6-4-5-8-7(12)13;/h4-6H2,1-3H3,(H2,8,12,13);/q;+1/p-1. The molecule has 0 spiro atoms. The first-order valence-electron chi connectivity index (χ1n) is 4.20. The quantitative estimate of drug-likeness (QED) is 0.244. The zero-order valence-electron chi connectivity index (χ0n) is 9.66. The van der Waals surface area contributed by atoms with Crippen molar-refractivity contribution in [3.8, 4) is 0 Å². The predicted molar refractivity (Wildman–Crippen MR) is 64.2 cm³/mol. The minimum absolute atomic E-state index is 0. The van der Waals surface area contributed by atoms with E-state index in [1.165, 1.54) is 0 Å². The number of thiocarbonyl (C=S) groups is 1. The van der Waals surface area contributed by atoms with Crippen LogP contribution in [-0.4, -0.2) is 41.0 Å². The molecule has 0 amide bonds. The summed E-state index contributed by atoms with van der Waals surface area (Å²) in [5, 5.41) is 2.89. The van der Waals surface area contributed by atoms with Gasteiger partial charge >= 0.3 is 38.4 Å². The summed E-state index contributed by atoms with van der Waals surface area (Å²) in [4.78, 5) is 0. The molecular formula is C7H16NNaO3S2Si. The molecule has 1 N–H and O–H groups in total. The van der Waals surface area contributed by atoms with Crippen LogP contribution in [0.2, 0.25) is 6.04 Å². The van der Waals surface area contributed by atoms with E-state index in [1.54, 1.807) is 21.3 Å². The van der Waals surface area contributed by atoms with E-state index in [2.05, 4.69) is 5.32 Å². The van der Waals surface area contributed by atoms with Gasteiger partial charge in [-0.15, -0.1) is 0 Å². The maximum absolute atomic E-state index is 5.25. The van der Waals surface area contributed by atoms with Gasteiger partial charge in [-0.3, -0.25) is 0 Å². The van der Waals surface area contributed by atoms with Crippen LogP contribution in [0, 0.1) is 0 Å². The molecule has 4 nitrogen and oxygen atoms in total. The van der Waals surface area contributed by atoms with E-state index in [0.717, 1.165) is 19.0 Å². The minimum Gasteiger partial charge on any atom is -0.412 e. The van der Waals surface area contributed by atoms with E-state index in [0.29, 0.717) is 4.32 Å². The Labute approximate surface area is 125 Å². The molecule has 0 bridgehead atoms. The van der Waals surface area contributed by atoms with E-state index < -0.39 is 8.80 Å². The smallest absolute Gasteiger partial charge is 0.412 e. The number of rotatable bonds is 7. The molecule has 0 aliphatic heterocycles. The van der Waals surface area contributed by atoms with Crippen LogP contribution < -0.4 is 34.9 Å². The first-order chi connectivity index (χ1) is 6.60. The van der Waals surface area contributed by atoms with Gasteiger partial charge in [0.25, 0.3) is 0 Å². The summed E-state index contributed by atoms with van der Waals surface area (Å²) in [6, 6.07) is 0.751. The van der Waals surface area contributed by atoms with Crippen molar-refractivity contribution in [2.45, 2.75) is 12.5 Å². The zero-order valence-corrected chi connectivity index (χ0v) is 14.3. The number of hydrogen-bond acceptors (Lipinski definition) is 5. The minimum atomic E-state index is -2.41. The van der Waals surface area contributed by atoms with Crippen LogP contribution in [0.3, 0.4) is 0 Å². The number of hydrogen-bond donors (Lipinski definition) is 1. The Balaban J connectivity index is 0. The average Bonchev–Trinajstić information content (AvgIpc) is 2.19. The molecule has 0 aliphatic rings. The molecular weight excluding hydrogens is 261 g/mol. The van der Waals surface area contributed by atoms with Gasteiger partial charge in [0.2, 0.25) is 0 Å². The summed E-state index contributed by atoms with van der Waals surface area (Å²) in [5.74, 6) is 0. The van der Waals surface area contributed by atoms with E-state index in [-0.39, 0.29) is 29.6 Å². The molecule has 0 rings (SSSR count). The van der Waals surface area contributed by atoms with Gasteiger partial charge in [-0.25, -0.2) is 0 Å². The van der Waals surface area contributed by atoms with Crippen LogP contribution in [0.15, 0.2) is 0 Å². The Bertz CT molecular complexity index is 175. The third-order valence-electron chi connectivity index (χ3n) is 1.86. The molecule has 0 aromatic rings. The maximum atomic E-state index is 5.25. The monoisotopic (exact) mass is 277 g/mol. The van der Waals surface area contributed by atoms with Crippen molar-refractivity contribution in [2.24, 2.45) is 0 Å². The van der Waals surface area contributed by atoms with E-state index in [1.807, 2.05) is 0 Å². The first kappa shape index (κ1) is 18.6. The summed E-state index contributed by atoms with van der Waals surface area (Å²) < 4.78 is 16.1. The molecule has 84 valence electrons. The third-order valence-corrected chi connectivity index (χ3v) is 4.98. The van der Waals surface area contributed by atoms with Gasteiger partial charge in [0, 0.05) is 33.9 Å². The van der Waals surface area contributed by atoms with Crippen molar-refractivity contribution >= 4 is 38.0 Å². The molecule has 0 fully saturated rings. The molecule has 8 heteroatoms. The van der Waals surface area contributed by atoms with Gasteiger partial charge in [0.1, 0.15) is 0 Å². The largest absolute Gasteiger partial charge is 1.00 e. The maximum Gasteiger partial charge on any atom is 1.00 e. The van der Waals surface area contributed by atoms with Crippen LogP contribution in [0.4, 0.5) is 0 Å². The van der Waals surface area contributed by atoms with Crippen LogP contribution >= 0.6 is 12.2 Å². The molecule has 0 heterocycles. The Morgan fingerprint density at radius 3 is 2.07 bits per heavy atom. The fourth-order valence-electron chi connectivity index (χ4n) is 1.05. The van der Waals surface area contributed by atoms with Gasteiger partial charge in [-0.05, 0) is 6.42 Å². The van der Waals surface area contributed by atoms with Crippen LogP contribution in [0.25, 0.3) is 0 Å². The second-order valence-corrected chi connectivity index (χ2v) is 6.78. The van der Waals surface area contributed by atoms with Crippen LogP contribution in [0.1, 0.15) is 6.42 Å². The SMILES string of the molecule is CO[Si](CCCNC(=S)[S-])(OC)OC.[Na+]. The van der Waals surface area contributed by atoms with Crippen molar-refractivity contribution in [3.63, 3.8) is 0 Å². The topological polar surface area (TPSA) is 39.7 Å². The van der Waals surface area contributed by atoms with Crippen molar-refractivity contribution in [1.82, 2.24) is 5.32 Å². The predicted octanol–water partition coefficient (Wildman–Crippen LogP) is -2.32. The zero-order chi connectivity index (χ0) is 11.0. The van der Waals surface area contributed by atoms with Crippen molar-refractivity contribution in [1.29, 1.82) is 0 Å². The number of nitrogens with one attached hydrogen (secondary N) is 1. The van der Waals surface area contributed by atoms with Crippen LogP contribution in [0.5, 0.6) is 0 Å². The molecule has 0 aromatic carbocycles. The van der Waals surface area contributed by atoms with Gasteiger partial charge < -0.3 is 43.4 Å². The molecule has 0 saturated heterocycles. The van der Waals surface area contributed by atoms with Crippen LogP contribution in [-0.2, 0) is 25.9 Å². The van der Waals surface area contributed by atoms with E-state index >= 15 is 0 Å². The molecule has 0 aromatic heterocycles. The second-order valence-electron chi connectivity index (χ2n) is 2.61. The molecule has 15 heavy (non-hydrogen) atoms. The molecule has 0 saturated carbocycles. The Morgan fingerprint density at radius 1 is 1.27 bits per heavy atom. The van der Waals surface area contributed by atoms with Gasteiger partial charge in [-0.2, -0.15) is 0 Å². The van der Waals surface area contributed by atoms with Gasteiger partial charge in [0.05, 0.1) is 0 Å². The Hall–Kier alpha value is 1.21. The van der Waals surface area contributed by atoms with Crippen molar-refractivity contribution in [3.05, 3.63) is 0 Å². The average molecular weight is 277 g/mol. The molecule has 0 aliphatic carbocycles. The van der Waals surface area contributed by atoms with Gasteiger partial charge in [-0.1, -0.05) is 4.32 Å². The van der Waals surface area contributed by atoms with E-state index in [9.17, 15) is 0 Å². The molecule has 0 atom stereocenters. The molecule has 0 radical (unpaired) electrons. The summed E-state index contributed by atoms with van der Waals surface area (Å²) in [7, 11) is 2.40. The van der Waals surface area contributed by atoms with Crippen molar-refractivity contribution in [2.75, 3.05) is 27.9 Å². The normalized spacial score (nSPS) is 10.6.